The van der Waals surface area contributed by atoms with Gasteiger partial charge in [0.25, 0.3) is 6.43 Å². The first-order valence-corrected chi connectivity index (χ1v) is 5.17. The fraction of sp³-hybridized carbons (Fsp3) is 0.375. The summed E-state index contributed by atoms with van der Waals surface area (Å²) in [5.41, 5.74) is 1.05. The third-order valence-corrected chi connectivity index (χ3v) is 2.58. The minimum Gasteiger partial charge on any atom is -0.241 e. The summed E-state index contributed by atoms with van der Waals surface area (Å²) in [5, 5.41) is 0. The second-order valence-corrected chi connectivity index (χ2v) is 3.92. The Labute approximate surface area is 93.6 Å². The molecule has 0 aliphatic heterocycles. The van der Waals surface area contributed by atoms with Crippen molar-refractivity contribution in [1.82, 2.24) is 4.98 Å². The van der Waals surface area contributed by atoms with E-state index < -0.39 is 6.43 Å². The molecule has 0 saturated carbocycles. The molecule has 0 spiro atoms. The molecule has 0 aliphatic carbocycles. The van der Waals surface area contributed by atoms with Crippen LogP contribution in [0.3, 0.4) is 0 Å². The van der Waals surface area contributed by atoms with Gasteiger partial charge in [0.15, 0.2) is 0 Å². The summed E-state index contributed by atoms with van der Waals surface area (Å²) >= 11 is 7.51. The Morgan fingerprint density at radius 1 is 1.62 bits per heavy atom. The summed E-state index contributed by atoms with van der Waals surface area (Å²) in [6, 6.07) is 1.72. The molecule has 0 aromatic carbocycles. The van der Waals surface area contributed by atoms with Crippen molar-refractivity contribution in [1.29, 1.82) is 0 Å². The lowest BCUT2D eigenvalue weighted by Gasteiger charge is -2.08. The van der Waals surface area contributed by atoms with Gasteiger partial charge in [0, 0.05) is 5.88 Å². The first-order valence-electron chi connectivity index (χ1n) is 3.56. The summed E-state index contributed by atoms with van der Waals surface area (Å²) in [5.74, 6) is 0.240. The van der Waals surface area contributed by atoms with Gasteiger partial charge in [0.2, 0.25) is 0 Å². The third-order valence-electron chi connectivity index (χ3n) is 1.74. The van der Waals surface area contributed by atoms with Crippen molar-refractivity contribution in [2.24, 2.45) is 0 Å². The molecule has 0 atom stereocenters. The van der Waals surface area contributed by atoms with Crippen LogP contribution in [0, 0.1) is 10.6 Å². The Hall–Kier alpha value is 0.0300. The normalized spacial score (nSPS) is 10.9. The van der Waals surface area contributed by atoms with E-state index in [1.807, 2.05) is 22.6 Å². The number of alkyl halides is 3. The highest BCUT2D eigenvalue weighted by Crippen LogP contribution is 2.25. The molecule has 0 amide bonds. The molecule has 0 unspecified atom stereocenters. The summed E-state index contributed by atoms with van der Waals surface area (Å²) in [6.45, 7) is 1.61. The van der Waals surface area contributed by atoms with Gasteiger partial charge in [-0.2, -0.15) is 0 Å². The second-order valence-electron chi connectivity index (χ2n) is 2.55. The van der Waals surface area contributed by atoms with Gasteiger partial charge in [-0.05, 0) is 46.7 Å². The Balaban J connectivity index is 3.27. The van der Waals surface area contributed by atoms with Gasteiger partial charge < -0.3 is 0 Å². The average molecular weight is 318 g/mol. The van der Waals surface area contributed by atoms with Crippen molar-refractivity contribution in [3.63, 3.8) is 0 Å². The molecule has 1 aromatic heterocycles. The van der Waals surface area contributed by atoms with Crippen LogP contribution in [0.2, 0.25) is 0 Å². The number of hydrogen-bond donors (Lipinski definition) is 0. The molecule has 1 rings (SSSR count). The van der Waals surface area contributed by atoms with Crippen LogP contribution >= 0.6 is 34.2 Å². The van der Waals surface area contributed by atoms with Crippen LogP contribution in [0.1, 0.15) is 23.2 Å². The lowest BCUT2D eigenvalue weighted by molar-refractivity contribution is 0.145. The Morgan fingerprint density at radius 2 is 2.23 bits per heavy atom. The van der Waals surface area contributed by atoms with Crippen molar-refractivity contribution >= 4 is 34.2 Å². The first-order chi connectivity index (χ1) is 6.06. The molecule has 13 heavy (non-hydrogen) atoms. The number of nitrogens with zero attached hydrogens (tertiary/aromatic N) is 1. The van der Waals surface area contributed by atoms with Crippen molar-refractivity contribution in [2.45, 2.75) is 19.2 Å². The second kappa shape index (κ2) is 4.50. The molecule has 1 aromatic rings. The molecule has 0 bridgehead atoms. The maximum absolute atomic E-state index is 12.4. The molecule has 0 N–H and O–H groups in total. The Bertz CT molecular complexity index is 317. The smallest absolute Gasteiger partial charge is 0.241 e. The van der Waals surface area contributed by atoms with Crippen LogP contribution in [0.15, 0.2) is 6.07 Å². The number of rotatable bonds is 2. The molecule has 1 nitrogen and oxygen atoms in total. The van der Waals surface area contributed by atoms with E-state index in [1.165, 1.54) is 0 Å². The van der Waals surface area contributed by atoms with E-state index in [0.717, 1.165) is 5.56 Å². The van der Waals surface area contributed by atoms with Crippen molar-refractivity contribution in [2.75, 3.05) is 0 Å². The van der Waals surface area contributed by atoms with Crippen LogP contribution in [0.25, 0.3) is 0 Å². The molecule has 72 valence electrons. The van der Waals surface area contributed by atoms with E-state index in [2.05, 4.69) is 4.98 Å². The maximum Gasteiger partial charge on any atom is 0.280 e. The SMILES string of the molecule is Cc1c(CCl)cc(I)nc1C(F)F. The van der Waals surface area contributed by atoms with Gasteiger partial charge in [-0.1, -0.05) is 0 Å². The van der Waals surface area contributed by atoms with Gasteiger partial charge in [-0.15, -0.1) is 11.6 Å². The van der Waals surface area contributed by atoms with Crippen LogP contribution in [0.4, 0.5) is 8.78 Å². The van der Waals surface area contributed by atoms with Crippen LogP contribution in [-0.2, 0) is 5.88 Å². The first kappa shape index (κ1) is 11.1. The van der Waals surface area contributed by atoms with E-state index in [9.17, 15) is 8.78 Å². The fourth-order valence-electron chi connectivity index (χ4n) is 0.999. The van der Waals surface area contributed by atoms with Gasteiger partial charge in [-0.25, -0.2) is 13.8 Å². The minimum absolute atomic E-state index is 0.164. The number of aromatic nitrogens is 1. The zero-order chi connectivity index (χ0) is 10.0. The van der Waals surface area contributed by atoms with Crippen molar-refractivity contribution < 1.29 is 8.78 Å². The number of pyridine rings is 1. The largest absolute Gasteiger partial charge is 0.280 e. The molecule has 0 radical (unpaired) electrons. The van der Waals surface area contributed by atoms with Gasteiger partial charge in [-0.3, -0.25) is 0 Å². The molecule has 0 aliphatic rings. The summed E-state index contributed by atoms with van der Waals surface area (Å²) in [6.07, 6.45) is -2.53. The monoisotopic (exact) mass is 317 g/mol. The molecule has 5 heteroatoms. The third kappa shape index (κ3) is 2.49. The zero-order valence-corrected chi connectivity index (χ0v) is 9.73. The quantitative estimate of drug-likeness (QED) is 0.461. The summed E-state index contributed by atoms with van der Waals surface area (Å²) in [4.78, 5) is 3.76. The molecular weight excluding hydrogens is 310 g/mol. The molecule has 1 heterocycles. The Kier molecular flexibility index (Phi) is 3.85. The van der Waals surface area contributed by atoms with Gasteiger partial charge >= 0.3 is 0 Å². The van der Waals surface area contributed by atoms with Crippen molar-refractivity contribution in [3.8, 4) is 0 Å². The highest BCUT2D eigenvalue weighted by molar-refractivity contribution is 14.1. The molecular formula is C8H7ClF2IN. The van der Waals surface area contributed by atoms with Crippen LogP contribution in [0.5, 0.6) is 0 Å². The van der Waals surface area contributed by atoms with Gasteiger partial charge in [0.1, 0.15) is 9.39 Å². The Morgan fingerprint density at radius 3 is 2.69 bits per heavy atom. The van der Waals surface area contributed by atoms with Gasteiger partial charge in [0.05, 0.1) is 0 Å². The van der Waals surface area contributed by atoms with Crippen LogP contribution in [-0.4, -0.2) is 4.98 Å². The van der Waals surface area contributed by atoms with E-state index in [0.29, 0.717) is 9.26 Å². The molecule has 0 saturated heterocycles. The number of hydrogen-bond acceptors (Lipinski definition) is 1. The van der Waals surface area contributed by atoms with E-state index in [-0.39, 0.29) is 11.6 Å². The van der Waals surface area contributed by atoms with Crippen LogP contribution < -0.4 is 0 Å². The minimum atomic E-state index is -2.53. The fourth-order valence-corrected chi connectivity index (χ4v) is 1.91. The predicted octanol–water partition coefficient (Wildman–Crippen LogP) is 3.67. The highest BCUT2D eigenvalue weighted by Gasteiger charge is 2.15. The average Bonchev–Trinajstić information content (AvgIpc) is 2.08. The maximum atomic E-state index is 12.4. The van der Waals surface area contributed by atoms with E-state index in [4.69, 9.17) is 11.6 Å². The lowest BCUT2D eigenvalue weighted by atomic mass is 10.1. The highest BCUT2D eigenvalue weighted by atomic mass is 127. The summed E-state index contributed by atoms with van der Waals surface area (Å²) < 4.78 is 25.4. The topological polar surface area (TPSA) is 12.9 Å². The standard InChI is InChI=1S/C8H7ClF2IN/c1-4-5(3-9)2-6(12)13-7(4)8(10)11/h2,8H,3H2,1H3. The lowest BCUT2D eigenvalue weighted by Crippen LogP contribution is -2.00. The zero-order valence-electron chi connectivity index (χ0n) is 6.82. The van der Waals surface area contributed by atoms with Crippen molar-refractivity contribution in [3.05, 3.63) is 26.6 Å². The van der Waals surface area contributed by atoms with E-state index >= 15 is 0 Å². The molecule has 0 fully saturated rings. The van der Waals surface area contributed by atoms with E-state index in [1.54, 1.807) is 13.0 Å². The predicted molar refractivity (Wildman–Crippen MR) is 56.2 cm³/mol. The number of halogens is 4. The summed E-state index contributed by atoms with van der Waals surface area (Å²) in [7, 11) is 0.